The van der Waals surface area contributed by atoms with Gasteiger partial charge in [-0.25, -0.2) is 18.1 Å². The molecule has 1 saturated heterocycles. The van der Waals surface area contributed by atoms with Gasteiger partial charge in [0.15, 0.2) is 5.03 Å². The predicted molar refractivity (Wildman–Crippen MR) is 82.1 cm³/mol. The van der Waals surface area contributed by atoms with Crippen LogP contribution in [0, 0.1) is 5.92 Å². The molecule has 0 radical (unpaired) electrons. The molecular formula is C13H23N5O2S. The number of anilines is 1. The molecule has 4 N–H and O–H groups in total. The maximum atomic E-state index is 12.3. The van der Waals surface area contributed by atoms with Crippen molar-refractivity contribution in [3.8, 4) is 0 Å². The molecule has 0 bridgehead atoms. The fourth-order valence-corrected chi connectivity index (χ4v) is 3.76. The molecule has 1 aromatic heterocycles. The molecule has 8 heteroatoms. The van der Waals surface area contributed by atoms with Crippen LogP contribution in [0.2, 0.25) is 0 Å². The first kappa shape index (κ1) is 16.2. The van der Waals surface area contributed by atoms with Crippen LogP contribution in [-0.4, -0.2) is 44.5 Å². The number of likely N-dealkylation sites (tertiary alicyclic amines) is 1. The molecule has 1 aromatic rings. The zero-order valence-corrected chi connectivity index (χ0v) is 13.1. The van der Waals surface area contributed by atoms with E-state index >= 15 is 0 Å². The minimum atomic E-state index is -3.65. The third-order valence-electron chi connectivity index (χ3n) is 3.57. The quantitative estimate of drug-likeness (QED) is 0.497. The molecule has 0 spiro atoms. The van der Waals surface area contributed by atoms with Gasteiger partial charge in [-0.1, -0.05) is 6.92 Å². The van der Waals surface area contributed by atoms with E-state index in [-0.39, 0.29) is 16.6 Å². The van der Waals surface area contributed by atoms with Crippen LogP contribution in [-0.2, 0) is 10.0 Å². The highest BCUT2D eigenvalue weighted by Crippen LogP contribution is 2.16. The summed E-state index contributed by atoms with van der Waals surface area (Å²) in [6.07, 6.45) is 3.90. The Hall–Kier alpha value is -1.22. The first-order valence-electron chi connectivity index (χ1n) is 7.16. The number of hydrogen-bond acceptors (Lipinski definition) is 6. The third-order valence-corrected chi connectivity index (χ3v) is 4.95. The molecule has 1 fully saturated rings. The van der Waals surface area contributed by atoms with E-state index in [9.17, 15) is 8.42 Å². The Balaban J connectivity index is 1.94. The molecular weight excluding hydrogens is 290 g/mol. The molecule has 1 aliphatic heterocycles. The maximum absolute atomic E-state index is 12.3. The fourth-order valence-electron chi connectivity index (χ4n) is 2.51. The van der Waals surface area contributed by atoms with E-state index in [1.54, 1.807) is 12.1 Å². The topological polar surface area (TPSA) is 100 Å². The summed E-state index contributed by atoms with van der Waals surface area (Å²) in [6.45, 7) is 5.56. The summed E-state index contributed by atoms with van der Waals surface area (Å²) in [5.41, 5.74) is 2.65. The molecule has 7 nitrogen and oxygen atoms in total. The lowest BCUT2D eigenvalue weighted by atomic mass is 10.2. The number of sulfonamides is 1. The van der Waals surface area contributed by atoms with Crippen molar-refractivity contribution < 1.29 is 8.42 Å². The summed E-state index contributed by atoms with van der Waals surface area (Å²) in [6, 6.07) is 3.21. The molecule has 0 amide bonds. The van der Waals surface area contributed by atoms with Crippen molar-refractivity contribution in [2.24, 2.45) is 11.8 Å². The van der Waals surface area contributed by atoms with Gasteiger partial charge in [-0.3, -0.25) is 5.84 Å². The van der Waals surface area contributed by atoms with Gasteiger partial charge < -0.3 is 10.3 Å². The second-order valence-corrected chi connectivity index (χ2v) is 7.15. The Bertz CT molecular complexity index is 557. The van der Waals surface area contributed by atoms with Crippen molar-refractivity contribution in [3.05, 3.63) is 18.3 Å². The summed E-state index contributed by atoms with van der Waals surface area (Å²) in [5, 5.41) is -0.0686. The lowest BCUT2D eigenvalue weighted by molar-refractivity contribution is 0.288. The maximum Gasteiger partial charge on any atom is 0.260 e. The average Bonchev–Trinajstić information content (AvgIpc) is 2.98. The summed E-state index contributed by atoms with van der Waals surface area (Å²) < 4.78 is 27.2. The third kappa shape index (κ3) is 4.37. The minimum absolute atomic E-state index is 0.0686. The molecule has 118 valence electrons. The number of nitrogen functional groups attached to an aromatic ring is 1. The summed E-state index contributed by atoms with van der Waals surface area (Å²) in [4.78, 5) is 6.27. The Morgan fingerprint density at radius 1 is 1.43 bits per heavy atom. The number of nitrogens with one attached hydrogen (secondary N) is 2. The number of pyridine rings is 1. The van der Waals surface area contributed by atoms with Gasteiger partial charge in [0, 0.05) is 19.3 Å². The Labute approximate surface area is 125 Å². The number of nitrogens with two attached hydrogens (primary N) is 1. The van der Waals surface area contributed by atoms with Crippen molar-refractivity contribution in [1.82, 2.24) is 14.6 Å². The van der Waals surface area contributed by atoms with Gasteiger partial charge in [-0.2, -0.15) is 0 Å². The van der Waals surface area contributed by atoms with Crippen LogP contribution in [0.4, 0.5) is 5.69 Å². The van der Waals surface area contributed by atoms with Gasteiger partial charge >= 0.3 is 0 Å². The Kier molecular flexibility index (Phi) is 5.51. The fraction of sp³-hybridized carbons (Fsp3) is 0.615. The Morgan fingerprint density at radius 3 is 2.81 bits per heavy atom. The highest BCUT2D eigenvalue weighted by molar-refractivity contribution is 7.89. The molecule has 0 saturated carbocycles. The van der Waals surface area contributed by atoms with E-state index in [0.29, 0.717) is 6.54 Å². The van der Waals surface area contributed by atoms with E-state index in [0.717, 1.165) is 19.6 Å². The highest BCUT2D eigenvalue weighted by Gasteiger charge is 2.21. The smallest absolute Gasteiger partial charge is 0.260 e. The average molecular weight is 313 g/mol. The van der Waals surface area contributed by atoms with Gasteiger partial charge in [0.05, 0.1) is 5.69 Å². The van der Waals surface area contributed by atoms with Gasteiger partial charge in [0.1, 0.15) is 0 Å². The lowest BCUT2D eigenvalue weighted by Crippen LogP contribution is -2.35. The lowest BCUT2D eigenvalue weighted by Gasteiger charge is -2.20. The van der Waals surface area contributed by atoms with Crippen LogP contribution in [0.1, 0.15) is 19.8 Å². The van der Waals surface area contributed by atoms with Gasteiger partial charge in [0.2, 0.25) is 0 Å². The molecule has 2 rings (SSSR count). The first-order chi connectivity index (χ1) is 10.0. The second kappa shape index (κ2) is 7.17. The van der Waals surface area contributed by atoms with Gasteiger partial charge in [0.25, 0.3) is 10.0 Å². The number of hydrogen-bond donors (Lipinski definition) is 3. The van der Waals surface area contributed by atoms with Crippen molar-refractivity contribution in [2.75, 3.05) is 31.6 Å². The number of rotatable bonds is 7. The standard InChI is InChI=1S/C13H23N5O2S/c1-11(10-18-7-2-3-8-18)9-16-21(19,20)13-12(17-14)5-4-6-15-13/h4-6,11,16-17H,2-3,7-10,14H2,1H3. The van der Waals surface area contributed by atoms with Crippen molar-refractivity contribution >= 4 is 15.7 Å². The Morgan fingerprint density at radius 2 is 2.14 bits per heavy atom. The summed E-state index contributed by atoms with van der Waals surface area (Å²) in [7, 11) is -3.65. The number of hydrazine groups is 1. The van der Waals surface area contributed by atoms with Crippen molar-refractivity contribution in [1.29, 1.82) is 0 Å². The second-order valence-electron chi connectivity index (χ2n) is 5.47. The molecule has 0 aromatic carbocycles. The van der Waals surface area contributed by atoms with E-state index in [4.69, 9.17) is 5.84 Å². The van der Waals surface area contributed by atoms with E-state index in [1.165, 1.54) is 19.0 Å². The molecule has 1 unspecified atom stereocenters. The SMILES string of the molecule is CC(CNS(=O)(=O)c1ncccc1NN)CN1CCCC1. The van der Waals surface area contributed by atoms with Crippen molar-refractivity contribution in [3.63, 3.8) is 0 Å². The largest absolute Gasteiger partial charge is 0.321 e. The minimum Gasteiger partial charge on any atom is -0.321 e. The molecule has 2 heterocycles. The number of nitrogens with zero attached hydrogens (tertiary/aromatic N) is 2. The molecule has 1 atom stereocenters. The number of aromatic nitrogens is 1. The van der Waals surface area contributed by atoms with Crippen LogP contribution in [0.5, 0.6) is 0 Å². The van der Waals surface area contributed by atoms with E-state index in [2.05, 4.69) is 20.0 Å². The van der Waals surface area contributed by atoms with Crippen LogP contribution in [0.15, 0.2) is 23.4 Å². The van der Waals surface area contributed by atoms with E-state index < -0.39 is 10.0 Å². The summed E-state index contributed by atoms with van der Waals surface area (Å²) >= 11 is 0. The van der Waals surface area contributed by atoms with Crippen LogP contribution in [0.25, 0.3) is 0 Å². The van der Waals surface area contributed by atoms with Gasteiger partial charge in [-0.05, 0) is 44.0 Å². The highest BCUT2D eigenvalue weighted by atomic mass is 32.2. The van der Waals surface area contributed by atoms with Crippen molar-refractivity contribution in [2.45, 2.75) is 24.8 Å². The summed E-state index contributed by atoms with van der Waals surface area (Å²) in [5.74, 6) is 5.57. The zero-order chi connectivity index (χ0) is 15.3. The first-order valence-corrected chi connectivity index (χ1v) is 8.65. The molecule has 1 aliphatic rings. The molecule has 21 heavy (non-hydrogen) atoms. The van der Waals surface area contributed by atoms with Crippen LogP contribution < -0.4 is 16.0 Å². The van der Waals surface area contributed by atoms with Crippen LogP contribution in [0.3, 0.4) is 0 Å². The van der Waals surface area contributed by atoms with E-state index in [1.807, 2.05) is 6.92 Å². The predicted octanol–water partition coefficient (Wildman–Crippen LogP) is 0.377. The zero-order valence-electron chi connectivity index (χ0n) is 12.2. The van der Waals surface area contributed by atoms with Crippen LogP contribution >= 0.6 is 0 Å². The van der Waals surface area contributed by atoms with Gasteiger partial charge in [-0.15, -0.1) is 0 Å². The normalized spacial score (nSPS) is 17.8. The molecule has 0 aliphatic carbocycles. The monoisotopic (exact) mass is 313 g/mol.